The number of hydrogen-bond donors (Lipinski definition) is 0. The molecule has 0 saturated carbocycles. The van der Waals surface area contributed by atoms with Crippen molar-refractivity contribution in [3.63, 3.8) is 0 Å². The molecular formula is C34H35N3O3S. The Morgan fingerprint density at radius 2 is 1.49 bits per heavy atom. The van der Waals surface area contributed by atoms with Gasteiger partial charge in [0.1, 0.15) is 17.1 Å². The largest absolute Gasteiger partial charge is 0.456 e. The highest BCUT2D eigenvalue weighted by molar-refractivity contribution is 7.80. The maximum absolute atomic E-state index is 14.1. The molecule has 0 aromatic heterocycles. The van der Waals surface area contributed by atoms with Gasteiger partial charge >= 0.3 is 0 Å². The van der Waals surface area contributed by atoms with E-state index in [-0.39, 0.29) is 23.0 Å². The van der Waals surface area contributed by atoms with Crippen LogP contribution in [0.3, 0.4) is 0 Å². The Kier molecular flexibility index (Phi) is 8.64. The molecule has 41 heavy (non-hydrogen) atoms. The van der Waals surface area contributed by atoms with Gasteiger partial charge in [0.15, 0.2) is 5.11 Å². The summed E-state index contributed by atoms with van der Waals surface area (Å²) in [6.07, 6.45) is 3.48. The van der Waals surface area contributed by atoms with E-state index in [2.05, 4.69) is 37.8 Å². The summed E-state index contributed by atoms with van der Waals surface area (Å²) in [4.78, 5) is 33.4. The standard InChI is InChI=1S/C34H35N3O3S/c1-4-7-20-36-32(38)31(33(39)37(34(36)41)23-24-14-10-8-11-15-24)30-22-28(25-16-12-9-13-17-25)27-19-18-26(21-29(27)40-30)35(5-2)6-3/h8-19,21-22H,4-7,20,23H2,1-3H3/b31-30+. The number of ether oxygens (including phenoxy) is 1. The molecule has 2 amide bonds. The lowest BCUT2D eigenvalue weighted by Gasteiger charge is -2.37. The number of hydrogen-bond acceptors (Lipinski definition) is 5. The van der Waals surface area contributed by atoms with Crippen LogP contribution in [0.25, 0.3) is 5.57 Å². The molecule has 0 aliphatic carbocycles. The smallest absolute Gasteiger partial charge is 0.269 e. The first-order chi connectivity index (χ1) is 20.0. The molecule has 210 valence electrons. The molecular weight excluding hydrogens is 530 g/mol. The number of amides is 2. The van der Waals surface area contributed by atoms with Gasteiger partial charge in [-0.1, -0.05) is 74.0 Å². The summed E-state index contributed by atoms with van der Waals surface area (Å²) < 4.78 is 6.47. The predicted octanol–water partition coefficient (Wildman–Crippen LogP) is 6.57. The van der Waals surface area contributed by atoms with Gasteiger partial charge in [-0.2, -0.15) is 0 Å². The van der Waals surface area contributed by atoms with Crippen LogP contribution in [0.1, 0.15) is 50.3 Å². The van der Waals surface area contributed by atoms with E-state index in [1.807, 2.05) is 72.8 Å². The fraction of sp³-hybridized carbons (Fsp3) is 0.265. The summed E-state index contributed by atoms with van der Waals surface area (Å²) in [5.74, 6) is -0.00906. The van der Waals surface area contributed by atoms with E-state index < -0.39 is 11.8 Å². The molecule has 0 bridgehead atoms. The number of unbranched alkanes of at least 4 members (excludes halogenated alkanes) is 1. The molecule has 0 unspecified atom stereocenters. The van der Waals surface area contributed by atoms with Crippen LogP contribution in [0.4, 0.5) is 5.69 Å². The molecule has 0 radical (unpaired) electrons. The van der Waals surface area contributed by atoms with Crippen LogP contribution in [0.2, 0.25) is 0 Å². The van der Waals surface area contributed by atoms with Crippen LogP contribution < -0.4 is 9.64 Å². The molecule has 1 saturated heterocycles. The summed E-state index contributed by atoms with van der Waals surface area (Å²) in [7, 11) is 0. The first kappa shape index (κ1) is 28.3. The quantitative estimate of drug-likeness (QED) is 0.167. The fourth-order valence-corrected chi connectivity index (χ4v) is 5.57. The van der Waals surface area contributed by atoms with E-state index in [0.717, 1.165) is 53.9 Å². The van der Waals surface area contributed by atoms with Crippen LogP contribution in [-0.2, 0) is 16.1 Å². The highest BCUT2D eigenvalue weighted by Gasteiger charge is 2.42. The van der Waals surface area contributed by atoms with E-state index in [1.54, 1.807) is 4.90 Å². The highest BCUT2D eigenvalue weighted by atomic mass is 32.1. The van der Waals surface area contributed by atoms with E-state index in [0.29, 0.717) is 12.3 Å². The summed E-state index contributed by atoms with van der Waals surface area (Å²) >= 11 is 5.73. The average molecular weight is 566 g/mol. The lowest BCUT2D eigenvalue weighted by molar-refractivity contribution is -0.134. The summed E-state index contributed by atoms with van der Waals surface area (Å²) in [6.45, 7) is 8.68. The van der Waals surface area contributed by atoms with Crippen LogP contribution in [-0.4, -0.2) is 46.4 Å². The molecule has 0 spiro atoms. The summed E-state index contributed by atoms with van der Waals surface area (Å²) in [5.41, 5.74) is 4.72. The van der Waals surface area contributed by atoms with Crippen LogP contribution >= 0.6 is 12.2 Å². The number of allylic oxidation sites excluding steroid dienone is 1. The third kappa shape index (κ3) is 5.68. The molecule has 6 nitrogen and oxygen atoms in total. The minimum atomic E-state index is -0.446. The molecule has 3 aromatic rings. The van der Waals surface area contributed by atoms with Crippen molar-refractivity contribution < 1.29 is 14.3 Å². The van der Waals surface area contributed by atoms with Gasteiger partial charge in [0, 0.05) is 37.0 Å². The molecule has 0 N–H and O–H groups in total. The third-order valence-corrected chi connectivity index (χ3v) is 7.95. The Labute approximate surface area is 247 Å². The van der Waals surface area contributed by atoms with Gasteiger partial charge in [0.25, 0.3) is 11.8 Å². The monoisotopic (exact) mass is 565 g/mol. The van der Waals surface area contributed by atoms with Crippen LogP contribution in [0.15, 0.2) is 96.3 Å². The maximum Gasteiger partial charge on any atom is 0.269 e. The number of nitrogens with zero attached hydrogens (tertiary/aromatic N) is 3. The predicted molar refractivity (Wildman–Crippen MR) is 167 cm³/mol. The Hall–Kier alpha value is -4.23. The number of fused-ring (bicyclic) bond motifs is 1. The second kappa shape index (κ2) is 12.5. The molecule has 5 rings (SSSR count). The van der Waals surface area contributed by atoms with Crippen molar-refractivity contribution in [2.45, 2.75) is 40.2 Å². The first-order valence-electron chi connectivity index (χ1n) is 14.3. The first-order valence-corrected chi connectivity index (χ1v) is 14.7. The number of rotatable bonds is 9. The van der Waals surface area contributed by atoms with Gasteiger partial charge in [-0.25, -0.2) is 0 Å². The molecule has 3 aromatic carbocycles. The zero-order valence-electron chi connectivity index (χ0n) is 23.8. The highest BCUT2D eigenvalue weighted by Crippen LogP contribution is 2.41. The van der Waals surface area contributed by atoms with E-state index in [4.69, 9.17) is 17.0 Å². The van der Waals surface area contributed by atoms with E-state index >= 15 is 0 Å². The zero-order valence-corrected chi connectivity index (χ0v) is 24.6. The molecule has 0 atom stereocenters. The zero-order chi connectivity index (χ0) is 28.9. The van der Waals surface area contributed by atoms with Crippen molar-refractivity contribution in [2.75, 3.05) is 24.5 Å². The van der Waals surface area contributed by atoms with Gasteiger partial charge in [0.2, 0.25) is 0 Å². The molecule has 2 aliphatic rings. The van der Waals surface area contributed by atoms with Crippen molar-refractivity contribution in [1.82, 2.24) is 9.80 Å². The number of anilines is 1. The lowest BCUT2D eigenvalue weighted by Crippen LogP contribution is -2.56. The van der Waals surface area contributed by atoms with Gasteiger partial charge in [-0.3, -0.25) is 19.4 Å². The van der Waals surface area contributed by atoms with E-state index in [9.17, 15) is 9.59 Å². The summed E-state index contributed by atoms with van der Waals surface area (Å²) in [6, 6.07) is 25.8. The number of carbonyl (C=O) groups excluding carboxylic acids is 2. The Bertz CT molecular complexity index is 1510. The second-order valence-electron chi connectivity index (χ2n) is 10.1. The SMILES string of the molecule is CCCCN1C(=O)/C(=C2/C=C(c3ccccc3)c3ccc(N(CC)CC)cc3O2)C(=O)N(Cc2ccccc2)C1=S. The van der Waals surface area contributed by atoms with Crippen molar-refractivity contribution >= 4 is 40.4 Å². The molecule has 1 fully saturated rings. The second-order valence-corrected chi connectivity index (χ2v) is 10.5. The van der Waals surface area contributed by atoms with Crippen molar-refractivity contribution in [3.05, 3.63) is 113 Å². The molecule has 2 heterocycles. The average Bonchev–Trinajstić information content (AvgIpc) is 3.00. The lowest BCUT2D eigenvalue weighted by atomic mass is 9.93. The minimum Gasteiger partial charge on any atom is -0.456 e. The van der Waals surface area contributed by atoms with Gasteiger partial charge in [-0.15, -0.1) is 0 Å². The number of thiocarbonyl (C=S) groups is 1. The van der Waals surface area contributed by atoms with Gasteiger partial charge in [0.05, 0.1) is 6.54 Å². The molecule has 7 heteroatoms. The van der Waals surface area contributed by atoms with Gasteiger partial charge < -0.3 is 9.64 Å². The topological polar surface area (TPSA) is 53.1 Å². The number of benzene rings is 3. The van der Waals surface area contributed by atoms with Gasteiger partial charge in [-0.05, 0) is 67.4 Å². The van der Waals surface area contributed by atoms with E-state index in [1.165, 1.54) is 4.90 Å². The summed E-state index contributed by atoms with van der Waals surface area (Å²) in [5, 5.41) is 0.231. The third-order valence-electron chi connectivity index (χ3n) is 7.51. The Balaban J connectivity index is 1.67. The molecule has 2 aliphatic heterocycles. The van der Waals surface area contributed by atoms with Crippen molar-refractivity contribution in [2.24, 2.45) is 0 Å². The minimum absolute atomic E-state index is 0.00189. The van der Waals surface area contributed by atoms with Crippen LogP contribution in [0, 0.1) is 0 Å². The van der Waals surface area contributed by atoms with Crippen molar-refractivity contribution in [1.29, 1.82) is 0 Å². The normalized spacial score (nSPS) is 16.9. The Morgan fingerprint density at radius 1 is 0.829 bits per heavy atom. The Morgan fingerprint density at radius 3 is 2.15 bits per heavy atom. The number of carbonyl (C=O) groups is 2. The maximum atomic E-state index is 14.1. The van der Waals surface area contributed by atoms with Crippen molar-refractivity contribution in [3.8, 4) is 5.75 Å². The van der Waals surface area contributed by atoms with Crippen LogP contribution in [0.5, 0.6) is 5.75 Å². The fourth-order valence-electron chi connectivity index (χ4n) is 5.25.